The van der Waals surface area contributed by atoms with E-state index in [1.807, 2.05) is 6.07 Å². The third-order valence-corrected chi connectivity index (χ3v) is 6.21. The number of hydrogen-bond acceptors (Lipinski definition) is 6. The van der Waals surface area contributed by atoms with Crippen molar-refractivity contribution in [3.05, 3.63) is 65.7 Å². The van der Waals surface area contributed by atoms with Gasteiger partial charge < -0.3 is 14.7 Å². The number of amides is 1. The molecule has 0 bridgehead atoms. The molecule has 0 aromatic heterocycles. The van der Waals surface area contributed by atoms with Gasteiger partial charge in [-0.1, -0.05) is 49.0 Å². The Kier molecular flexibility index (Phi) is 7.46. The monoisotopic (exact) mass is 441 g/mol. The lowest BCUT2D eigenvalue weighted by molar-refractivity contribution is -0.149. The second-order valence-corrected chi connectivity index (χ2v) is 8.37. The summed E-state index contributed by atoms with van der Waals surface area (Å²) in [5, 5.41) is 9.46. The predicted molar refractivity (Wildman–Crippen MR) is 116 cm³/mol. The number of carbonyl (C=O) groups excluding carboxylic acids is 3. The third kappa shape index (κ3) is 5.73. The number of ether oxygens (including phenoxy) is 1. The Labute approximate surface area is 184 Å². The van der Waals surface area contributed by atoms with Crippen molar-refractivity contribution in [1.29, 1.82) is 0 Å². The Balaban J connectivity index is 1.60. The van der Waals surface area contributed by atoms with Crippen molar-refractivity contribution in [2.24, 2.45) is 5.92 Å². The maximum absolute atomic E-state index is 12.9. The minimum absolute atomic E-state index is 0.128. The molecule has 1 heterocycles. The standard InChI is InChI=1S/C23H23NO6S/c1-15(14-31-23(29)17-5-3-2-4-6-17)21(26)24-12-19(11-20(24)22(27)28)30-18-9-7-16(13-25)8-10-18/h2-10,13,15,19-20H,11-12,14H2,1H3,(H,27,28)/t15?,19?,20-/m0/s1. The quantitative estimate of drug-likeness (QED) is 0.628. The van der Waals surface area contributed by atoms with Gasteiger partial charge in [-0.15, -0.1) is 0 Å². The van der Waals surface area contributed by atoms with E-state index in [2.05, 4.69) is 0 Å². The summed E-state index contributed by atoms with van der Waals surface area (Å²) in [5.74, 6) is -1.16. The average molecular weight is 442 g/mol. The Morgan fingerprint density at radius 1 is 1.16 bits per heavy atom. The second-order valence-electron chi connectivity index (χ2n) is 7.37. The number of carbonyl (C=O) groups is 4. The maximum atomic E-state index is 12.9. The first kappa shape index (κ1) is 22.6. The normalized spacial score (nSPS) is 18.9. The van der Waals surface area contributed by atoms with Crippen LogP contribution in [0.15, 0.2) is 54.6 Å². The molecule has 1 aliphatic rings. The van der Waals surface area contributed by atoms with Crippen LogP contribution in [-0.4, -0.2) is 57.7 Å². The van der Waals surface area contributed by atoms with Gasteiger partial charge in [0.25, 0.3) is 0 Å². The highest BCUT2D eigenvalue weighted by atomic mass is 32.2. The minimum Gasteiger partial charge on any atom is -0.488 e. The molecule has 0 radical (unpaired) electrons. The van der Waals surface area contributed by atoms with E-state index in [9.17, 15) is 24.3 Å². The first-order chi connectivity index (χ1) is 14.9. The highest BCUT2D eigenvalue weighted by Gasteiger charge is 2.42. The topological polar surface area (TPSA) is 101 Å². The SMILES string of the molecule is CC(CSC(=O)c1ccccc1)C(=O)N1CC(Oc2ccc(C=O)cc2)C[C@H]1C(=O)O. The average Bonchev–Trinajstić information content (AvgIpc) is 3.22. The van der Waals surface area contributed by atoms with Crippen LogP contribution in [0.3, 0.4) is 0 Å². The van der Waals surface area contributed by atoms with E-state index in [0.717, 1.165) is 18.0 Å². The van der Waals surface area contributed by atoms with Crippen molar-refractivity contribution in [3.8, 4) is 5.75 Å². The second kappa shape index (κ2) is 10.3. The molecule has 1 aliphatic heterocycles. The van der Waals surface area contributed by atoms with E-state index >= 15 is 0 Å². The number of carboxylic acid groups (broad SMARTS) is 1. The van der Waals surface area contributed by atoms with Crippen LogP contribution in [0.5, 0.6) is 5.75 Å². The van der Waals surface area contributed by atoms with E-state index in [1.165, 1.54) is 4.90 Å². The fraction of sp³-hybridized carbons (Fsp3) is 0.304. The van der Waals surface area contributed by atoms with Crippen LogP contribution in [0, 0.1) is 5.92 Å². The van der Waals surface area contributed by atoms with Crippen LogP contribution in [0.2, 0.25) is 0 Å². The number of aliphatic carboxylic acids is 1. The smallest absolute Gasteiger partial charge is 0.326 e. The van der Waals surface area contributed by atoms with Crippen LogP contribution in [0.1, 0.15) is 34.1 Å². The van der Waals surface area contributed by atoms with Crippen LogP contribution in [0.4, 0.5) is 0 Å². The highest BCUT2D eigenvalue weighted by molar-refractivity contribution is 8.14. The molecule has 31 heavy (non-hydrogen) atoms. The number of benzene rings is 2. The van der Waals surface area contributed by atoms with Gasteiger partial charge in [0, 0.05) is 29.2 Å². The lowest BCUT2D eigenvalue weighted by atomic mass is 10.1. The van der Waals surface area contributed by atoms with Crippen LogP contribution >= 0.6 is 11.8 Å². The molecule has 0 saturated carbocycles. The molecule has 1 amide bonds. The van der Waals surface area contributed by atoms with Crippen molar-refractivity contribution in [3.63, 3.8) is 0 Å². The van der Waals surface area contributed by atoms with Crippen LogP contribution in [0.25, 0.3) is 0 Å². The molecule has 0 aliphatic carbocycles. The van der Waals surface area contributed by atoms with E-state index in [4.69, 9.17) is 4.74 Å². The molecule has 7 nitrogen and oxygen atoms in total. The maximum Gasteiger partial charge on any atom is 0.326 e. The van der Waals surface area contributed by atoms with Gasteiger partial charge >= 0.3 is 5.97 Å². The van der Waals surface area contributed by atoms with Crippen LogP contribution < -0.4 is 4.74 Å². The van der Waals surface area contributed by atoms with E-state index < -0.39 is 24.0 Å². The fourth-order valence-electron chi connectivity index (χ4n) is 3.39. The van der Waals surface area contributed by atoms with E-state index in [-0.39, 0.29) is 29.7 Å². The largest absolute Gasteiger partial charge is 0.488 e. The van der Waals surface area contributed by atoms with E-state index in [0.29, 0.717) is 16.9 Å². The third-order valence-electron chi connectivity index (χ3n) is 5.05. The predicted octanol–water partition coefficient (Wildman–Crippen LogP) is 3.14. The Hall–Kier alpha value is -3.13. The summed E-state index contributed by atoms with van der Waals surface area (Å²) in [6, 6.07) is 14.3. The molecule has 1 saturated heterocycles. The zero-order chi connectivity index (χ0) is 22.4. The summed E-state index contributed by atoms with van der Waals surface area (Å²) in [6.07, 6.45) is 0.416. The molecular formula is C23H23NO6S. The summed E-state index contributed by atoms with van der Waals surface area (Å²) >= 11 is 1.05. The molecule has 8 heteroatoms. The van der Waals surface area contributed by atoms with Gasteiger partial charge in [0.05, 0.1) is 6.54 Å². The molecule has 162 valence electrons. The molecule has 2 unspecified atom stereocenters. The first-order valence-corrected chi connectivity index (χ1v) is 10.8. The molecule has 2 aromatic rings. The minimum atomic E-state index is -1.09. The molecule has 1 fully saturated rings. The molecular weight excluding hydrogens is 418 g/mol. The fourth-order valence-corrected chi connectivity index (χ4v) is 4.24. The van der Waals surface area contributed by atoms with Crippen molar-refractivity contribution in [2.45, 2.75) is 25.5 Å². The number of carboxylic acids is 1. The summed E-state index contributed by atoms with van der Waals surface area (Å²) in [7, 11) is 0. The summed E-state index contributed by atoms with van der Waals surface area (Å²) in [6.45, 7) is 1.84. The number of nitrogens with zero attached hydrogens (tertiary/aromatic N) is 1. The van der Waals surface area contributed by atoms with Crippen molar-refractivity contribution >= 4 is 35.0 Å². The zero-order valence-corrected chi connectivity index (χ0v) is 17.8. The van der Waals surface area contributed by atoms with Gasteiger partial charge in [-0.3, -0.25) is 14.4 Å². The first-order valence-electron chi connectivity index (χ1n) is 9.86. The lowest BCUT2D eigenvalue weighted by Crippen LogP contribution is -2.43. The number of hydrogen-bond donors (Lipinski definition) is 1. The molecule has 0 spiro atoms. The van der Waals surface area contributed by atoms with E-state index in [1.54, 1.807) is 55.5 Å². The summed E-state index contributed by atoms with van der Waals surface area (Å²) < 4.78 is 5.84. The van der Waals surface area contributed by atoms with Crippen LogP contribution in [-0.2, 0) is 9.59 Å². The van der Waals surface area contributed by atoms with Gasteiger partial charge in [0.15, 0.2) is 0 Å². The van der Waals surface area contributed by atoms with Crippen molar-refractivity contribution in [2.75, 3.05) is 12.3 Å². The number of thioether (sulfide) groups is 1. The van der Waals surface area contributed by atoms with Gasteiger partial charge in [-0.05, 0) is 24.3 Å². The highest BCUT2D eigenvalue weighted by Crippen LogP contribution is 2.26. The Morgan fingerprint density at radius 2 is 1.84 bits per heavy atom. The summed E-state index contributed by atoms with van der Waals surface area (Å²) in [4.78, 5) is 49.0. The number of rotatable bonds is 8. The van der Waals surface area contributed by atoms with Gasteiger partial charge in [-0.25, -0.2) is 4.79 Å². The number of likely N-dealkylation sites (tertiary alicyclic amines) is 1. The molecule has 1 N–H and O–H groups in total. The molecule has 3 atom stereocenters. The van der Waals surface area contributed by atoms with Crippen molar-refractivity contribution in [1.82, 2.24) is 4.90 Å². The van der Waals surface area contributed by atoms with Crippen molar-refractivity contribution < 1.29 is 29.0 Å². The molecule has 2 aromatic carbocycles. The van der Waals surface area contributed by atoms with Gasteiger partial charge in [0.1, 0.15) is 24.2 Å². The van der Waals surface area contributed by atoms with Gasteiger partial charge in [-0.2, -0.15) is 0 Å². The zero-order valence-electron chi connectivity index (χ0n) is 17.0. The Morgan fingerprint density at radius 3 is 2.45 bits per heavy atom. The van der Waals surface area contributed by atoms with Gasteiger partial charge in [0.2, 0.25) is 11.0 Å². The Bertz CT molecular complexity index is 946. The molecule has 3 rings (SSSR count). The summed E-state index contributed by atoms with van der Waals surface area (Å²) in [5.41, 5.74) is 1.07. The number of aldehydes is 1. The lowest BCUT2D eigenvalue weighted by Gasteiger charge is -2.24.